The molecule has 3 N–H and O–H groups in total. The number of hydrogen-bond donors (Lipinski definition) is 2. The minimum atomic E-state index is -3.61. The maximum atomic E-state index is 11.0. The molecule has 84 valence electrons. The molecule has 15 heavy (non-hydrogen) atoms. The highest BCUT2D eigenvalue weighted by Gasteiger charge is 2.09. The monoisotopic (exact) mass is 230 g/mol. The van der Waals surface area contributed by atoms with Gasteiger partial charge in [-0.25, -0.2) is 13.6 Å². The Labute approximate surface area is 89.2 Å². The van der Waals surface area contributed by atoms with Crippen LogP contribution in [0.5, 0.6) is 0 Å². The molecule has 1 aromatic rings. The summed E-state index contributed by atoms with van der Waals surface area (Å²) < 4.78 is 22.0. The molecule has 1 aromatic carbocycles. The largest absolute Gasteiger partial charge is 0.305 e. The van der Waals surface area contributed by atoms with Crippen molar-refractivity contribution in [2.75, 3.05) is 7.11 Å². The summed E-state index contributed by atoms with van der Waals surface area (Å²) in [5, 5.41) is 4.97. The minimum Gasteiger partial charge on any atom is -0.305 e. The Hall–Kier alpha value is -0.950. The topological polar surface area (TPSA) is 81.4 Å². The van der Waals surface area contributed by atoms with Gasteiger partial charge < -0.3 is 4.84 Å². The van der Waals surface area contributed by atoms with Crippen molar-refractivity contribution in [3.63, 3.8) is 0 Å². The first-order valence-corrected chi connectivity index (χ1v) is 5.91. The molecule has 1 atom stereocenters. The summed E-state index contributed by atoms with van der Waals surface area (Å²) >= 11 is 0. The van der Waals surface area contributed by atoms with E-state index in [4.69, 9.17) is 9.98 Å². The normalized spacial score (nSPS) is 13.8. The van der Waals surface area contributed by atoms with Gasteiger partial charge in [0, 0.05) is 0 Å². The van der Waals surface area contributed by atoms with Crippen molar-refractivity contribution in [2.45, 2.75) is 17.9 Å². The third-order valence-corrected chi connectivity index (χ3v) is 2.93. The lowest BCUT2D eigenvalue weighted by Gasteiger charge is -2.12. The number of primary sulfonamides is 1. The van der Waals surface area contributed by atoms with Crippen LogP contribution in [-0.4, -0.2) is 15.5 Å². The minimum absolute atomic E-state index is 0.00970. The van der Waals surface area contributed by atoms with Crippen LogP contribution in [0.15, 0.2) is 29.2 Å². The van der Waals surface area contributed by atoms with Crippen molar-refractivity contribution in [1.29, 1.82) is 0 Å². The van der Waals surface area contributed by atoms with E-state index >= 15 is 0 Å². The molecule has 0 aliphatic rings. The van der Waals surface area contributed by atoms with Gasteiger partial charge in [0.1, 0.15) is 0 Å². The summed E-state index contributed by atoms with van der Waals surface area (Å²) in [5.41, 5.74) is 3.66. The van der Waals surface area contributed by atoms with Crippen LogP contribution in [0.4, 0.5) is 0 Å². The third-order valence-electron chi connectivity index (χ3n) is 2.00. The average molecular weight is 230 g/mol. The van der Waals surface area contributed by atoms with Crippen molar-refractivity contribution >= 4 is 10.0 Å². The summed E-state index contributed by atoms with van der Waals surface area (Å²) in [7, 11) is -2.09. The molecule has 1 rings (SSSR count). The molecule has 1 unspecified atom stereocenters. The first-order chi connectivity index (χ1) is 6.95. The van der Waals surface area contributed by atoms with Crippen LogP contribution in [-0.2, 0) is 14.9 Å². The number of benzene rings is 1. The fourth-order valence-corrected chi connectivity index (χ4v) is 1.71. The SMILES string of the molecule is CONC(C)c1ccc(S(N)(=O)=O)cc1. The zero-order valence-corrected chi connectivity index (χ0v) is 9.41. The fraction of sp³-hybridized carbons (Fsp3) is 0.333. The van der Waals surface area contributed by atoms with Gasteiger partial charge in [-0.05, 0) is 24.6 Å². The molecule has 0 saturated heterocycles. The van der Waals surface area contributed by atoms with E-state index in [0.29, 0.717) is 0 Å². The Kier molecular flexibility index (Phi) is 3.81. The lowest BCUT2D eigenvalue weighted by molar-refractivity contribution is 0.0658. The molecule has 0 amide bonds. The zero-order valence-electron chi connectivity index (χ0n) is 8.60. The summed E-state index contributed by atoms with van der Waals surface area (Å²) in [6.07, 6.45) is 0. The predicted octanol–water partition coefficient (Wildman–Crippen LogP) is 0.546. The van der Waals surface area contributed by atoms with Crippen LogP contribution in [0.25, 0.3) is 0 Å². The van der Waals surface area contributed by atoms with Crippen LogP contribution in [0.1, 0.15) is 18.5 Å². The molecule has 0 radical (unpaired) electrons. The van der Waals surface area contributed by atoms with E-state index < -0.39 is 10.0 Å². The zero-order chi connectivity index (χ0) is 11.5. The van der Waals surface area contributed by atoms with Gasteiger partial charge in [0.25, 0.3) is 0 Å². The molecule has 5 nitrogen and oxygen atoms in total. The summed E-state index contributed by atoms with van der Waals surface area (Å²) in [5.74, 6) is 0. The van der Waals surface area contributed by atoms with Crippen LogP contribution in [0, 0.1) is 0 Å². The Bertz CT molecular complexity index is 413. The average Bonchev–Trinajstić information content (AvgIpc) is 2.17. The first kappa shape index (κ1) is 12.1. The lowest BCUT2D eigenvalue weighted by atomic mass is 10.1. The first-order valence-electron chi connectivity index (χ1n) is 4.36. The van der Waals surface area contributed by atoms with Gasteiger partial charge in [-0.2, -0.15) is 5.48 Å². The number of sulfonamides is 1. The Morgan fingerprint density at radius 3 is 2.27 bits per heavy atom. The maximum absolute atomic E-state index is 11.0. The molecule has 0 spiro atoms. The van der Waals surface area contributed by atoms with E-state index in [2.05, 4.69) is 5.48 Å². The van der Waals surface area contributed by atoms with E-state index in [1.807, 2.05) is 6.92 Å². The van der Waals surface area contributed by atoms with E-state index in [9.17, 15) is 8.42 Å². The smallest absolute Gasteiger partial charge is 0.238 e. The van der Waals surface area contributed by atoms with E-state index in [-0.39, 0.29) is 10.9 Å². The van der Waals surface area contributed by atoms with Gasteiger partial charge in [-0.3, -0.25) is 0 Å². The van der Waals surface area contributed by atoms with Gasteiger partial charge in [-0.15, -0.1) is 0 Å². The molecule has 0 aliphatic heterocycles. The molecular weight excluding hydrogens is 216 g/mol. The summed E-state index contributed by atoms with van der Waals surface area (Å²) in [4.78, 5) is 4.87. The highest BCUT2D eigenvalue weighted by molar-refractivity contribution is 7.89. The third kappa shape index (κ3) is 3.28. The molecule has 0 heterocycles. The molecule has 0 aromatic heterocycles. The summed E-state index contributed by atoms with van der Waals surface area (Å²) in [6, 6.07) is 6.31. The van der Waals surface area contributed by atoms with Gasteiger partial charge in [0.05, 0.1) is 18.0 Å². The standard InChI is InChI=1S/C9H14N2O3S/c1-7(11-14-2)8-3-5-9(6-4-8)15(10,12)13/h3-7,11H,1-2H3,(H2,10,12,13). The van der Waals surface area contributed by atoms with Crippen LogP contribution >= 0.6 is 0 Å². The molecule has 0 aliphatic carbocycles. The second kappa shape index (κ2) is 4.71. The van der Waals surface area contributed by atoms with Gasteiger partial charge in [0.15, 0.2) is 0 Å². The highest BCUT2D eigenvalue weighted by atomic mass is 32.2. The van der Waals surface area contributed by atoms with E-state index in [1.54, 1.807) is 12.1 Å². The quantitative estimate of drug-likeness (QED) is 0.740. The Morgan fingerprint density at radius 2 is 1.87 bits per heavy atom. The van der Waals surface area contributed by atoms with E-state index in [1.165, 1.54) is 19.2 Å². The number of nitrogens with one attached hydrogen (secondary N) is 1. The van der Waals surface area contributed by atoms with Gasteiger partial charge in [-0.1, -0.05) is 12.1 Å². The van der Waals surface area contributed by atoms with Crippen LogP contribution in [0.3, 0.4) is 0 Å². The molecule has 0 bridgehead atoms. The summed E-state index contributed by atoms with van der Waals surface area (Å²) in [6.45, 7) is 1.90. The fourth-order valence-electron chi connectivity index (χ4n) is 1.19. The number of nitrogens with two attached hydrogens (primary N) is 1. The Morgan fingerprint density at radius 1 is 1.33 bits per heavy atom. The lowest BCUT2D eigenvalue weighted by Crippen LogP contribution is -2.17. The second-order valence-corrected chi connectivity index (χ2v) is 4.72. The molecule has 0 saturated carbocycles. The van der Waals surface area contributed by atoms with Gasteiger partial charge >= 0.3 is 0 Å². The highest BCUT2D eigenvalue weighted by Crippen LogP contribution is 2.15. The van der Waals surface area contributed by atoms with E-state index in [0.717, 1.165) is 5.56 Å². The number of rotatable bonds is 4. The Balaban J connectivity index is 2.90. The number of hydrogen-bond acceptors (Lipinski definition) is 4. The maximum Gasteiger partial charge on any atom is 0.238 e. The van der Waals surface area contributed by atoms with Gasteiger partial charge in [0.2, 0.25) is 10.0 Å². The van der Waals surface area contributed by atoms with Crippen molar-refractivity contribution in [1.82, 2.24) is 5.48 Å². The van der Waals surface area contributed by atoms with Crippen LogP contribution < -0.4 is 10.6 Å². The van der Waals surface area contributed by atoms with Crippen molar-refractivity contribution < 1.29 is 13.3 Å². The number of hydroxylamine groups is 1. The molecule has 0 fully saturated rings. The molecule has 6 heteroatoms. The van der Waals surface area contributed by atoms with Crippen molar-refractivity contribution in [3.05, 3.63) is 29.8 Å². The van der Waals surface area contributed by atoms with Crippen LogP contribution in [0.2, 0.25) is 0 Å². The van der Waals surface area contributed by atoms with Crippen molar-refractivity contribution in [3.8, 4) is 0 Å². The van der Waals surface area contributed by atoms with Crippen molar-refractivity contribution in [2.24, 2.45) is 5.14 Å². The predicted molar refractivity (Wildman–Crippen MR) is 56.4 cm³/mol. The molecular formula is C9H14N2O3S. The second-order valence-electron chi connectivity index (χ2n) is 3.16.